The lowest BCUT2D eigenvalue weighted by molar-refractivity contribution is 0.289. The normalized spacial score (nSPS) is 17.7. The van der Waals surface area contributed by atoms with Gasteiger partial charge in [-0.15, -0.1) is 0 Å². The highest BCUT2D eigenvalue weighted by Crippen LogP contribution is 2.25. The van der Waals surface area contributed by atoms with E-state index in [4.69, 9.17) is 0 Å². The SMILES string of the molecule is CC(CCc1ccc(O)cc1)NCC1CCC1. The first-order valence-corrected chi connectivity index (χ1v) is 6.75. The average molecular weight is 233 g/mol. The lowest BCUT2D eigenvalue weighted by Gasteiger charge is -2.27. The van der Waals surface area contributed by atoms with Gasteiger partial charge in [0.15, 0.2) is 0 Å². The van der Waals surface area contributed by atoms with Crippen molar-refractivity contribution in [1.29, 1.82) is 0 Å². The summed E-state index contributed by atoms with van der Waals surface area (Å²) in [4.78, 5) is 0. The molecule has 1 aromatic rings. The molecule has 0 saturated heterocycles. The third-order valence-electron chi connectivity index (χ3n) is 3.78. The Bertz CT molecular complexity index is 329. The zero-order chi connectivity index (χ0) is 12.1. The van der Waals surface area contributed by atoms with Crippen LogP contribution in [0.4, 0.5) is 0 Å². The molecule has 0 aliphatic heterocycles. The fraction of sp³-hybridized carbons (Fsp3) is 0.600. The number of aromatic hydroxyl groups is 1. The highest BCUT2D eigenvalue weighted by atomic mass is 16.3. The Morgan fingerprint density at radius 1 is 1.29 bits per heavy atom. The van der Waals surface area contributed by atoms with Crippen molar-refractivity contribution >= 4 is 0 Å². The lowest BCUT2D eigenvalue weighted by Crippen LogP contribution is -2.34. The molecule has 0 spiro atoms. The van der Waals surface area contributed by atoms with Crippen LogP contribution >= 0.6 is 0 Å². The summed E-state index contributed by atoms with van der Waals surface area (Å²) >= 11 is 0. The summed E-state index contributed by atoms with van der Waals surface area (Å²) in [5.41, 5.74) is 1.31. The van der Waals surface area contributed by atoms with Gasteiger partial charge in [0.25, 0.3) is 0 Å². The first-order valence-electron chi connectivity index (χ1n) is 6.75. The molecular weight excluding hydrogens is 210 g/mol. The number of aryl methyl sites for hydroxylation is 1. The van der Waals surface area contributed by atoms with Gasteiger partial charge in [-0.25, -0.2) is 0 Å². The molecule has 0 amide bonds. The van der Waals surface area contributed by atoms with E-state index in [0.29, 0.717) is 11.8 Å². The number of nitrogens with one attached hydrogen (secondary N) is 1. The number of benzene rings is 1. The molecule has 2 N–H and O–H groups in total. The van der Waals surface area contributed by atoms with Crippen LogP contribution in [0.5, 0.6) is 5.75 Å². The summed E-state index contributed by atoms with van der Waals surface area (Å²) in [6.45, 7) is 3.45. The van der Waals surface area contributed by atoms with E-state index >= 15 is 0 Å². The first-order chi connectivity index (χ1) is 8.24. The molecule has 1 aromatic carbocycles. The van der Waals surface area contributed by atoms with Gasteiger partial charge in [-0.05, 0) is 62.8 Å². The molecule has 17 heavy (non-hydrogen) atoms. The molecule has 1 aliphatic carbocycles. The van der Waals surface area contributed by atoms with E-state index in [1.807, 2.05) is 12.1 Å². The van der Waals surface area contributed by atoms with Crippen LogP contribution in [0, 0.1) is 5.92 Å². The summed E-state index contributed by atoms with van der Waals surface area (Å²) in [7, 11) is 0. The lowest BCUT2D eigenvalue weighted by atomic mass is 9.85. The molecule has 0 aromatic heterocycles. The molecule has 2 nitrogen and oxygen atoms in total. The molecule has 0 radical (unpaired) electrons. The summed E-state index contributed by atoms with van der Waals surface area (Å²) in [6, 6.07) is 8.13. The van der Waals surface area contributed by atoms with Gasteiger partial charge in [-0.3, -0.25) is 0 Å². The average Bonchev–Trinajstić information content (AvgIpc) is 2.26. The number of phenolic OH excluding ortho intramolecular Hbond substituents is 1. The minimum absolute atomic E-state index is 0.352. The van der Waals surface area contributed by atoms with Gasteiger partial charge in [-0.1, -0.05) is 18.6 Å². The third kappa shape index (κ3) is 4.04. The number of hydrogen-bond donors (Lipinski definition) is 2. The van der Waals surface area contributed by atoms with Crippen molar-refractivity contribution in [3.05, 3.63) is 29.8 Å². The highest BCUT2D eigenvalue weighted by Gasteiger charge is 2.17. The Kier molecular flexibility index (Phi) is 4.43. The fourth-order valence-electron chi connectivity index (χ4n) is 2.21. The Labute approximate surface area is 104 Å². The smallest absolute Gasteiger partial charge is 0.115 e. The highest BCUT2D eigenvalue weighted by molar-refractivity contribution is 5.25. The second kappa shape index (κ2) is 6.06. The predicted molar refractivity (Wildman–Crippen MR) is 71.2 cm³/mol. The van der Waals surface area contributed by atoms with Crippen molar-refractivity contribution in [2.24, 2.45) is 5.92 Å². The zero-order valence-electron chi connectivity index (χ0n) is 10.7. The first kappa shape index (κ1) is 12.4. The van der Waals surface area contributed by atoms with Crippen molar-refractivity contribution in [3.8, 4) is 5.75 Å². The molecule has 0 heterocycles. The Balaban J connectivity index is 1.64. The van der Waals surface area contributed by atoms with E-state index in [2.05, 4.69) is 12.2 Å². The largest absolute Gasteiger partial charge is 0.508 e. The maximum Gasteiger partial charge on any atom is 0.115 e. The predicted octanol–water partition coefficient (Wildman–Crippen LogP) is 3.10. The quantitative estimate of drug-likeness (QED) is 0.791. The molecule has 1 unspecified atom stereocenters. The van der Waals surface area contributed by atoms with Gasteiger partial charge < -0.3 is 10.4 Å². The number of phenols is 1. The van der Waals surface area contributed by atoms with Crippen LogP contribution in [0.25, 0.3) is 0 Å². The molecule has 1 aliphatic rings. The van der Waals surface area contributed by atoms with Crippen molar-refractivity contribution in [2.75, 3.05) is 6.54 Å². The van der Waals surface area contributed by atoms with Crippen molar-refractivity contribution in [2.45, 2.75) is 45.1 Å². The van der Waals surface area contributed by atoms with E-state index in [1.54, 1.807) is 12.1 Å². The molecule has 0 bridgehead atoms. The van der Waals surface area contributed by atoms with Crippen LogP contribution in [-0.4, -0.2) is 17.7 Å². The summed E-state index contributed by atoms with van der Waals surface area (Å²) in [5.74, 6) is 1.29. The molecule has 2 rings (SSSR count). The Hall–Kier alpha value is -1.02. The van der Waals surface area contributed by atoms with Gasteiger partial charge in [0, 0.05) is 6.04 Å². The van der Waals surface area contributed by atoms with E-state index in [-0.39, 0.29) is 0 Å². The summed E-state index contributed by atoms with van der Waals surface area (Å²) < 4.78 is 0. The molecule has 1 saturated carbocycles. The summed E-state index contributed by atoms with van der Waals surface area (Å²) in [6.07, 6.45) is 6.50. The topological polar surface area (TPSA) is 32.3 Å². The molecule has 1 fully saturated rings. The van der Waals surface area contributed by atoms with Gasteiger partial charge in [0.2, 0.25) is 0 Å². The van der Waals surface area contributed by atoms with Crippen LogP contribution < -0.4 is 5.32 Å². The van der Waals surface area contributed by atoms with Crippen LogP contribution in [0.1, 0.15) is 38.2 Å². The van der Waals surface area contributed by atoms with Crippen LogP contribution in [0.2, 0.25) is 0 Å². The van der Waals surface area contributed by atoms with Gasteiger partial charge in [-0.2, -0.15) is 0 Å². The molecule has 1 atom stereocenters. The maximum atomic E-state index is 9.20. The van der Waals surface area contributed by atoms with Crippen molar-refractivity contribution in [3.63, 3.8) is 0 Å². The minimum atomic E-state index is 0.352. The van der Waals surface area contributed by atoms with Crippen molar-refractivity contribution in [1.82, 2.24) is 5.32 Å². The van der Waals surface area contributed by atoms with Crippen LogP contribution in [0.15, 0.2) is 24.3 Å². The zero-order valence-corrected chi connectivity index (χ0v) is 10.7. The number of rotatable bonds is 6. The maximum absolute atomic E-state index is 9.20. The van der Waals surface area contributed by atoms with E-state index < -0.39 is 0 Å². The Morgan fingerprint density at radius 3 is 2.59 bits per heavy atom. The monoisotopic (exact) mass is 233 g/mol. The van der Waals surface area contributed by atoms with E-state index in [0.717, 1.165) is 18.8 Å². The molecule has 94 valence electrons. The van der Waals surface area contributed by atoms with Gasteiger partial charge in [0.05, 0.1) is 0 Å². The summed E-state index contributed by atoms with van der Waals surface area (Å²) in [5, 5.41) is 12.8. The second-order valence-electron chi connectivity index (χ2n) is 5.31. The van der Waals surface area contributed by atoms with Crippen LogP contribution in [-0.2, 0) is 6.42 Å². The van der Waals surface area contributed by atoms with E-state index in [1.165, 1.54) is 31.4 Å². The molecular formula is C15H23NO. The van der Waals surface area contributed by atoms with E-state index in [9.17, 15) is 5.11 Å². The van der Waals surface area contributed by atoms with Gasteiger partial charge in [0.1, 0.15) is 5.75 Å². The number of hydrogen-bond acceptors (Lipinski definition) is 2. The van der Waals surface area contributed by atoms with Crippen molar-refractivity contribution < 1.29 is 5.11 Å². The third-order valence-corrected chi connectivity index (χ3v) is 3.78. The minimum Gasteiger partial charge on any atom is -0.508 e. The molecule has 2 heteroatoms. The standard InChI is InChI=1S/C15H23NO/c1-12(16-11-14-3-2-4-14)5-6-13-7-9-15(17)10-8-13/h7-10,12,14,16-17H,2-6,11H2,1H3. The van der Waals surface area contributed by atoms with Gasteiger partial charge >= 0.3 is 0 Å². The van der Waals surface area contributed by atoms with Crippen LogP contribution in [0.3, 0.4) is 0 Å². The second-order valence-corrected chi connectivity index (χ2v) is 5.31. The Morgan fingerprint density at radius 2 is 2.00 bits per heavy atom. The fourth-order valence-corrected chi connectivity index (χ4v) is 2.21.